The number of amides is 2. The van der Waals surface area contributed by atoms with Crippen LogP contribution in [-0.2, 0) is 11.3 Å². The fraction of sp³-hybridized carbons (Fsp3) is 0.350. The van der Waals surface area contributed by atoms with Crippen molar-refractivity contribution in [3.63, 3.8) is 0 Å². The number of anilines is 2. The first-order chi connectivity index (χ1) is 12.7. The second-order valence-corrected chi connectivity index (χ2v) is 6.30. The molecule has 1 saturated heterocycles. The lowest BCUT2D eigenvalue weighted by Gasteiger charge is -2.18. The van der Waals surface area contributed by atoms with Gasteiger partial charge in [-0.3, -0.25) is 0 Å². The summed E-state index contributed by atoms with van der Waals surface area (Å²) in [6.07, 6.45) is 1.35. The Labute approximate surface area is 154 Å². The summed E-state index contributed by atoms with van der Waals surface area (Å²) in [4.78, 5) is 14.4. The van der Waals surface area contributed by atoms with E-state index in [-0.39, 0.29) is 6.03 Å². The van der Waals surface area contributed by atoms with E-state index >= 15 is 0 Å². The normalized spacial score (nSPS) is 16.4. The topological polar surface area (TPSA) is 62.8 Å². The Bertz CT molecular complexity index is 716. The van der Waals surface area contributed by atoms with Crippen LogP contribution in [0.2, 0.25) is 0 Å². The molecule has 2 aromatic rings. The van der Waals surface area contributed by atoms with E-state index < -0.39 is 0 Å². The molecular weight excluding hydrogens is 330 g/mol. The number of hydrogen-bond donors (Lipinski definition) is 2. The van der Waals surface area contributed by atoms with Crippen molar-refractivity contribution in [2.45, 2.75) is 19.1 Å². The lowest BCUT2D eigenvalue weighted by molar-refractivity contribution is 0.121. The fourth-order valence-electron chi connectivity index (χ4n) is 3.01. The molecule has 0 saturated carbocycles. The van der Waals surface area contributed by atoms with E-state index in [9.17, 15) is 4.79 Å². The van der Waals surface area contributed by atoms with E-state index in [2.05, 4.69) is 15.5 Å². The maximum Gasteiger partial charge on any atom is 0.319 e. The summed E-state index contributed by atoms with van der Waals surface area (Å²) in [7, 11) is 3.39. The predicted molar refractivity (Wildman–Crippen MR) is 103 cm³/mol. The van der Waals surface area contributed by atoms with Crippen molar-refractivity contribution in [2.24, 2.45) is 0 Å². The van der Waals surface area contributed by atoms with Crippen LogP contribution in [0.1, 0.15) is 12.0 Å². The van der Waals surface area contributed by atoms with Gasteiger partial charge >= 0.3 is 6.03 Å². The number of rotatable bonds is 6. The van der Waals surface area contributed by atoms with E-state index in [0.29, 0.717) is 12.6 Å². The van der Waals surface area contributed by atoms with Crippen LogP contribution in [0.4, 0.5) is 16.2 Å². The number of hydrogen-bond acceptors (Lipinski definition) is 4. The molecule has 0 aliphatic carbocycles. The minimum Gasteiger partial charge on any atom is -0.497 e. The SMILES string of the molecule is COc1ccc(CNC(=O)Nc2ccc(N3CCC(OC)C3)cc2)cc1. The van der Waals surface area contributed by atoms with Crippen LogP contribution in [0, 0.1) is 0 Å². The third-order valence-electron chi connectivity index (χ3n) is 4.58. The molecule has 1 aliphatic rings. The first-order valence-corrected chi connectivity index (χ1v) is 8.73. The summed E-state index contributed by atoms with van der Waals surface area (Å²) in [6, 6.07) is 15.3. The molecule has 0 bridgehead atoms. The molecule has 0 aromatic heterocycles. The molecule has 6 nitrogen and oxygen atoms in total. The van der Waals surface area contributed by atoms with Crippen LogP contribution in [0.3, 0.4) is 0 Å². The third-order valence-corrected chi connectivity index (χ3v) is 4.58. The summed E-state index contributed by atoms with van der Waals surface area (Å²) >= 11 is 0. The van der Waals surface area contributed by atoms with Gasteiger partial charge in [0.25, 0.3) is 0 Å². The highest BCUT2D eigenvalue weighted by Crippen LogP contribution is 2.23. The molecule has 1 atom stereocenters. The molecule has 2 amide bonds. The maximum atomic E-state index is 12.1. The molecule has 0 spiro atoms. The van der Waals surface area contributed by atoms with Crippen LogP contribution in [0.25, 0.3) is 0 Å². The number of nitrogens with one attached hydrogen (secondary N) is 2. The van der Waals surface area contributed by atoms with Gasteiger partial charge in [-0.25, -0.2) is 4.79 Å². The molecule has 6 heteroatoms. The molecule has 1 fully saturated rings. The largest absolute Gasteiger partial charge is 0.497 e. The zero-order valence-electron chi connectivity index (χ0n) is 15.2. The smallest absolute Gasteiger partial charge is 0.319 e. The van der Waals surface area contributed by atoms with Gasteiger partial charge in [-0.2, -0.15) is 0 Å². The summed E-state index contributed by atoms with van der Waals surface area (Å²) in [5.74, 6) is 0.799. The average molecular weight is 355 g/mol. The highest BCUT2D eigenvalue weighted by Gasteiger charge is 2.22. The van der Waals surface area contributed by atoms with Crippen molar-refractivity contribution in [2.75, 3.05) is 37.5 Å². The lowest BCUT2D eigenvalue weighted by Crippen LogP contribution is -2.28. The van der Waals surface area contributed by atoms with E-state index in [1.807, 2.05) is 48.5 Å². The summed E-state index contributed by atoms with van der Waals surface area (Å²) in [5.41, 5.74) is 2.93. The van der Waals surface area contributed by atoms with E-state index in [1.165, 1.54) is 0 Å². The highest BCUT2D eigenvalue weighted by molar-refractivity contribution is 5.89. The Balaban J connectivity index is 1.48. The summed E-state index contributed by atoms with van der Waals surface area (Å²) < 4.78 is 10.5. The first kappa shape index (κ1) is 18.1. The lowest BCUT2D eigenvalue weighted by atomic mass is 10.2. The number of methoxy groups -OCH3 is 2. The molecule has 3 rings (SSSR count). The van der Waals surface area contributed by atoms with Gasteiger partial charge in [-0.15, -0.1) is 0 Å². The average Bonchev–Trinajstić information content (AvgIpc) is 3.16. The number of carbonyl (C=O) groups is 1. The molecule has 138 valence electrons. The third kappa shape index (κ3) is 4.67. The van der Waals surface area contributed by atoms with E-state index in [0.717, 1.165) is 42.2 Å². The number of nitrogens with zero attached hydrogens (tertiary/aromatic N) is 1. The predicted octanol–water partition coefficient (Wildman–Crippen LogP) is 3.24. The quantitative estimate of drug-likeness (QED) is 0.835. The van der Waals surface area contributed by atoms with Crippen molar-refractivity contribution in [3.05, 3.63) is 54.1 Å². The number of benzene rings is 2. The minimum absolute atomic E-state index is 0.228. The zero-order valence-corrected chi connectivity index (χ0v) is 15.2. The Morgan fingerprint density at radius 2 is 1.85 bits per heavy atom. The molecule has 1 unspecified atom stereocenters. The standard InChI is InChI=1S/C20H25N3O3/c1-25-18-9-3-15(4-10-18)13-21-20(24)22-16-5-7-17(8-6-16)23-12-11-19(14-23)26-2/h3-10,19H,11-14H2,1-2H3,(H2,21,22,24). The Kier molecular flexibility index (Phi) is 5.96. The highest BCUT2D eigenvalue weighted by atomic mass is 16.5. The van der Waals surface area contributed by atoms with Gasteiger partial charge in [0.05, 0.1) is 13.2 Å². The first-order valence-electron chi connectivity index (χ1n) is 8.73. The Hall–Kier alpha value is -2.73. The summed E-state index contributed by atoms with van der Waals surface area (Å²) in [5, 5.41) is 5.70. The summed E-state index contributed by atoms with van der Waals surface area (Å²) in [6.45, 7) is 2.36. The van der Waals surface area contributed by atoms with Crippen molar-refractivity contribution < 1.29 is 14.3 Å². The van der Waals surface area contributed by atoms with Crippen molar-refractivity contribution in [1.29, 1.82) is 0 Å². The van der Waals surface area contributed by atoms with Crippen LogP contribution in [0.15, 0.2) is 48.5 Å². The Morgan fingerprint density at radius 1 is 1.12 bits per heavy atom. The van der Waals surface area contributed by atoms with Gasteiger partial charge in [0, 0.05) is 38.1 Å². The van der Waals surface area contributed by atoms with Gasteiger partial charge in [0.1, 0.15) is 5.75 Å². The fourth-order valence-corrected chi connectivity index (χ4v) is 3.01. The second kappa shape index (κ2) is 8.58. The van der Waals surface area contributed by atoms with Crippen LogP contribution >= 0.6 is 0 Å². The second-order valence-electron chi connectivity index (χ2n) is 6.30. The monoisotopic (exact) mass is 355 g/mol. The van der Waals surface area contributed by atoms with Gasteiger partial charge in [0.15, 0.2) is 0 Å². The molecule has 2 aromatic carbocycles. The molecule has 26 heavy (non-hydrogen) atoms. The van der Waals surface area contributed by atoms with E-state index in [1.54, 1.807) is 14.2 Å². The minimum atomic E-state index is -0.228. The van der Waals surface area contributed by atoms with Gasteiger partial charge < -0.3 is 25.0 Å². The van der Waals surface area contributed by atoms with Crippen molar-refractivity contribution in [3.8, 4) is 5.75 Å². The van der Waals surface area contributed by atoms with Gasteiger partial charge in [-0.1, -0.05) is 12.1 Å². The van der Waals surface area contributed by atoms with E-state index in [4.69, 9.17) is 9.47 Å². The number of ether oxygens (including phenoxy) is 2. The van der Waals surface area contributed by atoms with Crippen LogP contribution in [0.5, 0.6) is 5.75 Å². The van der Waals surface area contributed by atoms with Crippen LogP contribution in [-0.4, -0.2) is 39.4 Å². The number of urea groups is 1. The van der Waals surface area contributed by atoms with Crippen molar-refractivity contribution >= 4 is 17.4 Å². The molecule has 1 aliphatic heterocycles. The Morgan fingerprint density at radius 3 is 2.46 bits per heavy atom. The van der Waals surface area contributed by atoms with Crippen LogP contribution < -0.4 is 20.3 Å². The van der Waals surface area contributed by atoms with Gasteiger partial charge in [-0.05, 0) is 48.4 Å². The van der Waals surface area contributed by atoms with Gasteiger partial charge in [0.2, 0.25) is 0 Å². The molecular formula is C20H25N3O3. The maximum absolute atomic E-state index is 12.1. The molecule has 0 radical (unpaired) electrons. The zero-order chi connectivity index (χ0) is 18.4. The number of carbonyl (C=O) groups excluding carboxylic acids is 1. The molecule has 2 N–H and O–H groups in total. The molecule has 1 heterocycles. The van der Waals surface area contributed by atoms with Crippen molar-refractivity contribution in [1.82, 2.24) is 5.32 Å².